The van der Waals surface area contributed by atoms with Crippen LogP contribution in [0.4, 0.5) is 0 Å². The predicted molar refractivity (Wildman–Crippen MR) is 74.0 cm³/mol. The summed E-state index contributed by atoms with van der Waals surface area (Å²) in [4.78, 5) is 20.3. The molecule has 6 nitrogen and oxygen atoms in total. The Balaban J connectivity index is -0.00000112. The topological polar surface area (TPSA) is 98.7 Å². The number of unbranched alkanes of at least 4 members (excludes halogenated alkanes) is 3. The molecular formula is C10H22Cl2N2O4. The van der Waals surface area contributed by atoms with Crippen LogP contribution in [0, 0.1) is 0 Å². The zero-order valence-electron chi connectivity index (χ0n) is 10.2. The van der Waals surface area contributed by atoms with E-state index in [0.717, 1.165) is 38.8 Å². The van der Waals surface area contributed by atoms with E-state index < -0.39 is 11.9 Å². The smallest absolute Gasteiger partial charge is 0.317 e. The first-order valence-electron chi connectivity index (χ1n) is 5.48. The first-order chi connectivity index (χ1) is 7.63. The molecule has 4 N–H and O–H groups in total. The van der Waals surface area contributed by atoms with E-state index in [1.807, 2.05) is 0 Å². The molecule has 0 rings (SSSR count). The lowest BCUT2D eigenvalue weighted by Gasteiger charge is -2.03. The Morgan fingerprint density at radius 1 is 0.722 bits per heavy atom. The van der Waals surface area contributed by atoms with Crippen LogP contribution in [-0.2, 0) is 9.59 Å². The number of carboxylic acid groups (broad SMARTS) is 2. The second-order valence-electron chi connectivity index (χ2n) is 3.56. The number of carboxylic acids is 2. The molecular weight excluding hydrogens is 283 g/mol. The molecule has 0 bridgehead atoms. The Morgan fingerprint density at radius 2 is 1.06 bits per heavy atom. The molecule has 18 heavy (non-hydrogen) atoms. The normalized spacial score (nSPS) is 9.11. The SMILES string of the molecule is Cl.Cl.O=C(O)CNCCCCCCNCC(=O)O. The molecule has 0 aliphatic carbocycles. The second kappa shape index (κ2) is 16.4. The van der Waals surface area contributed by atoms with Crippen LogP contribution in [0.5, 0.6) is 0 Å². The van der Waals surface area contributed by atoms with Crippen LogP contribution in [0.3, 0.4) is 0 Å². The van der Waals surface area contributed by atoms with E-state index in [4.69, 9.17) is 10.2 Å². The van der Waals surface area contributed by atoms with Crippen LogP contribution >= 0.6 is 24.8 Å². The second-order valence-corrected chi connectivity index (χ2v) is 3.56. The van der Waals surface area contributed by atoms with Crippen molar-refractivity contribution in [1.29, 1.82) is 0 Å². The van der Waals surface area contributed by atoms with Crippen molar-refractivity contribution >= 4 is 36.8 Å². The van der Waals surface area contributed by atoms with Crippen LogP contribution in [0.15, 0.2) is 0 Å². The monoisotopic (exact) mass is 304 g/mol. The van der Waals surface area contributed by atoms with Crippen LogP contribution in [0.25, 0.3) is 0 Å². The van der Waals surface area contributed by atoms with E-state index in [-0.39, 0.29) is 37.9 Å². The summed E-state index contributed by atoms with van der Waals surface area (Å²) in [6.07, 6.45) is 3.96. The number of rotatable bonds is 11. The number of hydrogen-bond acceptors (Lipinski definition) is 4. The minimum Gasteiger partial charge on any atom is -0.480 e. The molecule has 0 aromatic heterocycles. The van der Waals surface area contributed by atoms with Crippen molar-refractivity contribution in [2.24, 2.45) is 0 Å². The van der Waals surface area contributed by atoms with Crippen molar-refractivity contribution in [1.82, 2.24) is 10.6 Å². The molecule has 0 amide bonds. The Bertz CT molecular complexity index is 196. The highest BCUT2D eigenvalue weighted by molar-refractivity contribution is 5.85. The van der Waals surface area contributed by atoms with Crippen molar-refractivity contribution in [3.8, 4) is 0 Å². The zero-order chi connectivity index (χ0) is 12.2. The molecule has 0 radical (unpaired) electrons. The van der Waals surface area contributed by atoms with Gasteiger partial charge in [-0.2, -0.15) is 0 Å². The van der Waals surface area contributed by atoms with Gasteiger partial charge in [0.05, 0.1) is 13.1 Å². The summed E-state index contributed by atoms with van der Waals surface area (Å²) < 4.78 is 0. The molecule has 0 aromatic rings. The number of carbonyl (C=O) groups is 2. The highest BCUT2D eigenvalue weighted by Crippen LogP contribution is 1.97. The first-order valence-corrected chi connectivity index (χ1v) is 5.48. The average Bonchev–Trinajstić information content (AvgIpc) is 2.20. The molecule has 8 heteroatoms. The standard InChI is InChI=1S/C10H20N2O4.2ClH/c13-9(14)7-11-5-3-1-2-4-6-12-8-10(15)16;;/h11-12H,1-8H2,(H,13,14)(H,15,16);2*1H. The Morgan fingerprint density at radius 3 is 1.33 bits per heavy atom. The van der Waals surface area contributed by atoms with Crippen molar-refractivity contribution in [3.05, 3.63) is 0 Å². The van der Waals surface area contributed by atoms with E-state index >= 15 is 0 Å². The summed E-state index contributed by atoms with van der Waals surface area (Å²) in [5.41, 5.74) is 0. The van der Waals surface area contributed by atoms with Crippen molar-refractivity contribution in [2.45, 2.75) is 25.7 Å². The third-order valence-electron chi connectivity index (χ3n) is 2.01. The maximum Gasteiger partial charge on any atom is 0.317 e. The molecule has 0 atom stereocenters. The van der Waals surface area contributed by atoms with Crippen molar-refractivity contribution in [3.63, 3.8) is 0 Å². The fourth-order valence-corrected chi connectivity index (χ4v) is 1.24. The van der Waals surface area contributed by atoms with E-state index in [0.29, 0.717) is 0 Å². The van der Waals surface area contributed by atoms with E-state index in [1.54, 1.807) is 0 Å². The van der Waals surface area contributed by atoms with Gasteiger partial charge in [-0.15, -0.1) is 24.8 Å². The highest BCUT2D eigenvalue weighted by Gasteiger charge is 1.96. The Labute approximate surface area is 119 Å². The summed E-state index contributed by atoms with van der Waals surface area (Å²) >= 11 is 0. The van der Waals surface area contributed by atoms with Crippen LogP contribution in [0.1, 0.15) is 25.7 Å². The maximum absolute atomic E-state index is 10.1. The Hall–Kier alpha value is -0.560. The molecule has 110 valence electrons. The summed E-state index contributed by atoms with van der Waals surface area (Å²) in [6.45, 7) is 1.46. The molecule has 0 aliphatic rings. The van der Waals surface area contributed by atoms with Gasteiger partial charge >= 0.3 is 11.9 Å². The lowest BCUT2D eigenvalue weighted by molar-refractivity contribution is -0.137. The maximum atomic E-state index is 10.1. The predicted octanol–water partition coefficient (Wildman–Crippen LogP) is 0.739. The third-order valence-corrected chi connectivity index (χ3v) is 2.01. The van der Waals surface area contributed by atoms with Crippen LogP contribution in [-0.4, -0.2) is 48.3 Å². The fraction of sp³-hybridized carbons (Fsp3) is 0.800. The summed E-state index contributed by atoms with van der Waals surface area (Å²) in [7, 11) is 0. The number of halogens is 2. The lowest BCUT2D eigenvalue weighted by Crippen LogP contribution is -2.24. The minimum atomic E-state index is -0.835. The molecule has 0 saturated carbocycles. The first kappa shape index (κ1) is 22.6. The Kier molecular flexibility index (Phi) is 20.6. The van der Waals surface area contributed by atoms with Gasteiger partial charge in [-0.1, -0.05) is 12.8 Å². The van der Waals surface area contributed by atoms with Gasteiger partial charge in [0.15, 0.2) is 0 Å². The molecule has 0 aromatic carbocycles. The zero-order valence-corrected chi connectivity index (χ0v) is 11.8. The van der Waals surface area contributed by atoms with Gasteiger partial charge in [-0.3, -0.25) is 9.59 Å². The number of hydrogen-bond donors (Lipinski definition) is 4. The minimum absolute atomic E-state index is 0. The molecule has 0 heterocycles. The third kappa shape index (κ3) is 20.8. The number of aliphatic carboxylic acids is 2. The summed E-state index contributed by atoms with van der Waals surface area (Å²) in [5, 5.41) is 22.3. The van der Waals surface area contributed by atoms with Gasteiger partial charge < -0.3 is 20.8 Å². The van der Waals surface area contributed by atoms with Gasteiger partial charge in [0.25, 0.3) is 0 Å². The van der Waals surface area contributed by atoms with Gasteiger partial charge in [0.2, 0.25) is 0 Å². The highest BCUT2D eigenvalue weighted by atomic mass is 35.5. The summed E-state index contributed by atoms with van der Waals surface area (Å²) in [6, 6.07) is 0. The van der Waals surface area contributed by atoms with Crippen molar-refractivity contribution in [2.75, 3.05) is 26.2 Å². The quantitative estimate of drug-likeness (QED) is 0.420. The van der Waals surface area contributed by atoms with Gasteiger partial charge in [0, 0.05) is 0 Å². The molecule has 0 saturated heterocycles. The largest absolute Gasteiger partial charge is 0.480 e. The van der Waals surface area contributed by atoms with Gasteiger partial charge in [0.1, 0.15) is 0 Å². The van der Waals surface area contributed by atoms with E-state index in [2.05, 4.69) is 10.6 Å². The fourth-order valence-electron chi connectivity index (χ4n) is 1.24. The van der Waals surface area contributed by atoms with E-state index in [9.17, 15) is 9.59 Å². The average molecular weight is 305 g/mol. The van der Waals surface area contributed by atoms with Gasteiger partial charge in [-0.05, 0) is 25.9 Å². The van der Waals surface area contributed by atoms with Crippen molar-refractivity contribution < 1.29 is 19.8 Å². The molecule has 0 fully saturated rings. The molecule has 0 unspecified atom stereocenters. The van der Waals surface area contributed by atoms with Crippen LogP contribution in [0.2, 0.25) is 0 Å². The molecule has 0 spiro atoms. The summed E-state index contributed by atoms with van der Waals surface area (Å²) in [5.74, 6) is -1.67. The van der Waals surface area contributed by atoms with Gasteiger partial charge in [-0.25, -0.2) is 0 Å². The lowest BCUT2D eigenvalue weighted by atomic mass is 10.2. The number of nitrogens with one attached hydrogen (secondary N) is 2. The molecule has 0 aliphatic heterocycles. The van der Waals surface area contributed by atoms with E-state index in [1.165, 1.54) is 0 Å². The van der Waals surface area contributed by atoms with Crippen LogP contribution < -0.4 is 10.6 Å².